The summed E-state index contributed by atoms with van der Waals surface area (Å²) >= 11 is 0. The molecule has 1 fully saturated rings. The van der Waals surface area contributed by atoms with E-state index in [1.165, 1.54) is 0 Å². The molecule has 1 N–H and O–H groups in total. The second-order valence-corrected chi connectivity index (χ2v) is 5.66. The summed E-state index contributed by atoms with van der Waals surface area (Å²) in [4.78, 5) is 25.7. The van der Waals surface area contributed by atoms with Crippen LogP contribution < -0.4 is 5.32 Å². The predicted molar refractivity (Wildman–Crippen MR) is 87.2 cm³/mol. The van der Waals surface area contributed by atoms with Crippen LogP contribution in [-0.2, 0) is 9.59 Å². The zero-order chi connectivity index (χ0) is 16.1. The second-order valence-electron chi connectivity index (χ2n) is 5.66. The lowest BCUT2D eigenvalue weighted by molar-refractivity contribution is -0.134. The highest BCUT2D eigenvalue weighted by Gasteiger charge is 2.19. The van der Waals surface area contributed by atoms with Crippen molar-refractivity contribution in [1.82, 2.24) is 14.7 Å². The van der Waals surface area contributed by atoms with Gasteiger partial charge in [0.15, 0.2) is 5.82 Å². The van der Waals surface area contributed by atoms with Gasteiger partial charge in [0.2, 0.25) is 11.8 Å². The highest BCUT2D eigenvalue weighted by molar-refractivity contribution is 5.93. The maximum atomic E-state index is 12.1. The van der Waals surface area contributed by atoms with E-state index in [2.05, 4.69) is 10.4 Å². The fraction of sp³-hybridized carbons (Fsp3) is 0.353. The van der Waals surface area contributed by atoms with Crippen LogP contribution in [0.3, 0.4) is 0 Å². The van der Waals surface area contributed by atoms with E-state index in [-0.39, 0.29) is 18.4 Å². The first-order valence-corrected chi connectivity index (χ1v) is 7.91. The SMILES string of the molecule is O=C(CN1CCCCCC1=O)Nc1ccn(-c2ccccc2)n1. The topological polar surface area (TPSA) is 67.2 Å². The number of hydrogen-bond donors (Lipinski definition) is 1. The number of anilines is 1. The Balaban J connectivity index is 1.60. The van der Waals surface area contributed by atoms with Gasteiger partial charge in [0.05, 0.1) is 12.2 Å². The first kappa shape index (κ1) is 15.3. The van der Waals surface area contributed by atoms with Gasteiger partial charge >= 0.3 is 0 Å². The smallest absolute Gasteiger partial charge is 0.245 e. The molecule has 23 heavy (non-hydrogen) atoms. The number of carbonyl (C=O) groups excluding carboxylic acids is 2. The number of hydrogen-bond acceptors (Lipinski definition) is 3. The van der Waals surface area contributed by atoms with Crippen molar-refractivity contribution in [3.05, 3.63) is 42.6 Å². The van der Waals surface area contributed by atoms with E-state index in [4.69, 9.17) is 0 Å². The van der Waals surface area contributed by atoms with Gasteiger partial charge in [-0.3, -0.25) is 9.59 Å². The Morgan fingerprint density at radius 3 is 2.78 bits per heavy atom. The zero-order valence-electron chi connectivity index (χ0n) is 12.9. The number of amides is 2. The maximum absolute atomic E-state index is 12.1. The molecule has 1 saturated heterocycles. The predicted octanol–water partition coefficient (Wildman–Crippen LogP) is 2.21. The number of nitrogens with zero attached hydrogens (tertiary/aromatic N) is 3. The summed E-state index contributed by atoms with van der Waals surface area (Å²) < 4.78 is 1.70. The molecule has 0 aliphatic carbocycles. The Labute approximate surface area is 135 Å². The first-order valence-electron chi connectivity index (χ1n) is 7.91. The molecule has 0 saturated carbocycles. The third-order valence-electron chi connectivity index (χ3n) is 3.88. The van der Waals surface area contributed by atoms with Crippen LogP contribution in [0, 0.1) is 0 Å². The van der Waals surface area contributed by atoms with Crippen LogP contribution in [-0.4, -0.2) is 39.6 Å². The normalized spacial score (nSPS) is 15.3. The average molecular weight is 312 g/mol. The van der Waals surface area contributed by atoms with Crippen molar-refractivity contribution in [3.63, 3.8) is 0 Å². The Bertz CT molecular complexity index is 681. The summed E-state index contributed by atoms with van der Waals surface area (Å²) in [6.07, 6.45) is 5.25. The van der Waals surface area contributed by atoms with E-state index >= 15 is 0 Å². The summed E-state index contributed by atoms with van der Waals surface area (Å²) in [5, 5.41) is 7.09. The maximum Gasteiger partial charge on any atom is 0.245 e. The van der Waals surface area contributed by atoms with E-state index in [1.807, 2.05) is 30.3 Å². The van der Waals surface area contributed by atoms with E-state index in [1.54, 1.807) is 21.8 Å². The Hall–Kier alpha value is -2.63. The van der Waals surface area contributed by atoms with Crippen molar-refractivity contribution in [1.29, 1.82) is 0 Å². The lowest BCUT2D eigenvalue weighted by Gasteiger charge is -2.19. The summed E-state index contributed by atoms with van der Waals surface area (Å²) in [5.74, 6) is 0.340. The van der Waals surface area contributed by atoms with Gasteiger partial charge in [0.1, 0.15) is 0 Å². The molecule has 6 nitrogen and oxygen atoms in total. The van der Waals surface area contributed by atoms with Crippen LogP contribution in [0.15, 0.2) is 42.6 Å². The van der Waals surface area contributed by atoms with Gasteiger partial charge in [-0.2, -0.15) is 5.10 Å². The number of nitrogens with one attached hydrogen (secondary N) is 1. The van der Waals surface area contributed by atoms with Crippen LogP contribution in [0.2, 0.25) is 0 Å². The quantitative estimate of drug-likeness (QED) is 0.941. The van der Waals surface area contributed by atoms with Crippen molar-refractivity contribution in [2.45, 2.75) is 25.7 Å². The minimum atomic E-state index is -0.210. The molecule has 2 amide bonds. The lowest BCUT2D eigenvalue weighted by atomic mass is 10.2. The van der Waals surface area contributed by atoms with Gasteiger partial charge in [-0.1, -0.05) is 24.6 Å². The van der Waals surface area contributed by atoms with E-state index in [0.717, 1.165) is 24.9 Å². The molecule has 1 aliphatic heterocycles. The molecule has 2 aromatic rings. The summed E-state index contributed by atoms with van der Waals surface area (Å²) in [6.45, 7) is 0.752. The minimum Gasteiger partial charge on any atom is -0.333 e. The molecular formula is C17H20N4O2. The second kappa shape index (κ2) is 7.09. The molecule has 1 aromatic heterocycles. The van der Waals surface area contributed by atoms with Crippen molar-refractivity contribution >= 4 is 17.6 Å². The van der Waals surface area contributed by atoms with Gasteiger partial charge in [-0.05, 0) is 25.0 Å². The third-order valence-corrected chi connectivity index (χ3v) is 3.88. The first-order chi connectivity index (χ1) is 11.2. The molecule has 1 aromatic carbocycles. The largest absolute Gasteiger partial charge is 0.333 e. The number of aromatic nitrogens is 2. The van der Waals surface area contributed by atoms with Crippen molar-refractivity contribution in [3.8, 4) is 5.69 Å². The molecular weight excluding hydrogens is 292 g/mol. The number of rotatable bonds is 4. The van der Waals surface area contributed by atoms with Gasteiger partial charge in [-0.25, -0.2) is 4.68 Å². The number of carbonyl (C=O) groups is 2. The molecule has 0 bridgehead atoms. The van der Waals surface area contributed by atoms with Crippen molar-refractivity contribution < 1.29 is 9.59 Å². The molecule has 1 aliphatic rings. The molecule has 0 unspecified atom stereocenters. The third kappa shape index (κ3) is 3.97. The van der Waals surface area contributed by atoms with Gasteiger partial charge in [-0.15, -0.1) is 0 Å². The van der Waals surface area contributed by atoms with Crippen molar-refractivity contribution in [2.75, 3.05) is 18.4 Å². The van der Waals surface area contributed by atoms with Crippen molar-refractivity contribution in [2.24, 2.45) is 0 Å². The van der Waals surface area contributed by atoms with Crippen LogP contribution in [0.25, 0.3) is 5.69 Å². The fourth-order valence-electron chi connectivity index (χ4n) is 2.68. The van der Waals surface area contributed by atoms with E-state index in [9.17, 15) is 9.59 Å². The van der Waals surface area contributed by atoms with Gasteiger partial charge in [0.25, 0.3) is 0 Å². The summed E-state index contributed by atoms with van der Waals surface area (Å²) in [6, 6.07) is 11.4. The molecule has 6 heteroatoms. The zero-order valence-corrected chi connectivity index (χ0v) is 12.9. The Morgan fingerprint density at radius 1 is 1.13 bits per heavy atom. The minimum absolute atomic E-state index is 0.0625. The van der Waals surface area contributed by atoms with Crippen LogP contribution in [0.4, 0.5) is 5.82 Å². The lowest BCUT2D eigenvalue weighted by Crippen LogP contribution is -2.37. The van der Waals surface area contributed by atoms with Gasteiger partial charge in [0, 0.05) is 25.2 Å². The highest BCUT2D eigenvalue weighted by atomic mass is 16.2. The Morgan fingerprint density at radius 2 is 1.96 bits per heavy atom. The monoisotopic (exact) mass is 312 g/mol. The number of para-hydroxylation sites is 1. The average Bonchev–Trinajstić information content (AvgIpc) is 2.93. The van der Waals surface area contributed by atoms with E-state index in [0.29, 0.717) is 18.8 Å². The van der Waals surface area contributed by atoms with Gasteiger partial charge < -0.3 is 10.2 Å². The summed E-state index contributed by atoms with van der Waals surface area (Å²) in [5.41, 5.74) is 0.927. The molecule has 2 heterocycles. The highest BCUT2D eigenvalue weighted by Crippen LogP contribution is 2.12. The standard InChI is InChI=1S/C17H20N4O2/c22-16(13-20-11-6-2-5-9-17(20)23)18-15-10-12-21(19-15)14-7-3-1-4-8-14/h1,3-4,7-8,10,12H,2,5-6,9,11,13H2,(H,18,19,22). The molecule has 0 atom stereocenters. The fourth-order valence-corrected chi connectivity index (χ4v) is 2.68. The van der Waals surface area contributed by atoms with Crippen LogP contribution >= 0.6 is 0 Å². The van der Waals surface area contributed by atoms with Crippen LogP contribution in [0.5, 0.6) is 0 Å². The van der Waals surface area contributed by atoms with Crippen LogP contribution in [0.1, 0.15) is 25.7 Å². The molecule has 3 rings (SSSR count). The molecule has 120 valence electrons. The van der Waals surface area contributed by atoms with E-state index < -0.39 is 0 Å². The number of likely N-dealkylation sites (tertiary alicyclic amines) is 1. The summed E-state index contributed by atoms with van der Waals surface area (Å²) in [7, 11) is 0. The number of benzene rings is 1. The Kier molecular flexibility index (Phi) is 4.71. The molecule has 0 spiro atoms. The molecule has 0 radical (unpaired) electrons.